The highest BCUT2D eigenvalue weighted by molar-refractivity contribution is 5.69. The van der Waals surface area contributed by atoms with Crippen molar-refractivity contribution in [2.24, 2.45) is 0 Å². The Morgan fingerprint density at radius 2 is 1.81 bits per heavy atom. The number of allylic oxidation sites excluding steroid dienone is 4. The minimum atomic E-state index is -0.400. The molecule has 4 N–H and O–H groups in total. The molecule has 0 heterocycles. The van der Waals surface area contributed by atoms with Crippen LogP contribution in [0.4, 0.5) is 5.69 Å². The zero-order chi connectivity index (χ0) is 18.9. The fourth-order valence-electron chi connectivity index (χ4n) is 2.69. The molecule has 0 bridgehead atoms. The van der Waals surface area contributed by atoms with Gasteiger partial charge in [0.15, 0.2) is 0 Å². The zero-order valence-electron chi connectivity index (χ0n) is 15.4. The number of aromatic hydroxyl groups is 1. The molecule has 1 aliphatic rings. The van der Waals surface area contributed by atoms with Gasteiger partial charge in [-0.15, -0.1) is 0 Å². The molecule has 3 rings (SSSR count). The number of phenols is 1. The van der Waals surface area contributed by atoms with E-state index >= 15 is 0 Å². The SMILES string of the molecule is CC(O)C1=CC=C(c2ccccc2)CC=C1.CCc1ccc(O)cc1N. The van der Waals surface area contributed by atoms with Crippen molar-refractivity contribution >= 4 is 11.3 Å². The molecule has 0 amide bonds. The van der Waals surface area contributed by atoms with Crippen molar-refractivity contribution < 1.29 is 10.2 Å². The van der Waals surface area contributed by atoms with Crippen LogP contribution < -0.4 is 5.73 Å². The van der Waals surface area contributed by atoms with Gasteiger partial charge in [-0.1, -0.05) is 67.6 Å². The Morgan fingerprint density at radius 1 is 1.08 bits per heavy atom. The number of benzene rings is 2. The Kier molecular flexibility index (Phi) is 7.24. The minimum absolute atomic E-state index is 0.231. The van der Waals surface area contributed by atoms with Gasteiger partial charge in [0, 0.05) is 11.8 Å². The monoisotopic (exact) mass is 349 g/mol. The molecule has 26 heavy (non-hydrogen) atoms. The molecule has 1 atom stereocenters. The maximum Gasteiger partial charge on any atom is 0.117 e. The molecule has 0 radical (unpaired) electrons. The number of aliphatic hydroxyl groups excluding tert-OH is 1. The first kappa shape index (κ1) is 19.5. The van der Waals surface area contributed by atoms with Gasteiger partial charge in [0.2, 0.25) is 0 Å². The Bertz CT molecular complexity index is 802. The average Bonchev–Trinajstić information content (AvgIpc) is 2.89. The molecule has 0 spiro atoms. The summed E-state index contributed by atoms with van der Waals surface area (Å²) in [5.41, 5.74) is 10.8. The summed E-state index contributed by atoms with van der Waals surface area (Å²) in [7, 11) is 0. The zero-order valence-corrected chi connectivity index (χ0v) is 15.4. The van der Waals surface area contributed by atoms with Crippen LogP contribution in [0.1, 0.15) is 31.4 Å². The molecule has 0 aliphatic heterocycles. The second-order valence-corrected chi connectivity index (χ2v) is 6.24. The van der Waals surface area contributed by atoms with Crippen LogP contribution in [0.2, 0.25) is 0 Å². The quantitative estimate of drug-likeness (QED) is 0.692. The first-order valence-electron chi connectivity index (χ1n) is 8.89. The van der Waals surface area contributed by atoms with Crippen LogP contribution in [0.3, 0.4) is 0 Å². The van der Waals surface area contributed by atoms with Gasteiger partial charge >= 0.3 is 0 Å². The number of nitrogens with two attached hydrogens (primary N) is 1. The largest absolute Gasteiger partial charge is 0.508 e. The van der Waals surface area contributed by atoms with Crippen LogP contribution in [-0.4, -0.2) is 16.3 Å². The summed E-state index contributed by atoms with van der Waals surface area (Å²) in [5, 5.41) is 18.5. The lowest BCUT2D eigenvalue weighted by molar-refractivity contribution is 0.235. The lowest BCUT2D eigenvalue weighted by Crippen LogP contribution is -2.00. The maximum atomic E-state index is 9.51. The number of rotatable bonds is 3. The van der Waals surface area contributed by atoms with Crippen LogP contribution in [0.25, 0.3) is 5.57 Å². The topological polar surface area (TPSA) is 66.5 Å². The van der Waals surface area contributed by atoms with E-state index in [1.54, 1.807) is 19.1 Å². The van der Waals surface area contributed by atoms with Gasteiger partial charge in [-0.2, -0.15) is 0 Å². The lowest BCUT2D eigenvalue weighted by atomic mass is 10.0. The fourth-order valence-corrected chi connectivity index (χ4v) is 2.69. The van der Waals surface area contributed by atoms with E-state index in [2.05, 4.69) is 24.3 Å². The Morgan fingerprint density at radius 3 is 2.42 bits per heavy atom. The number of aliphatic hydroxyl groups is 1. The predicted octanol–water partition coefficient (Wildman–Crippen LogP) is 4.87. The van der Waals surface area contributed by atoms with E-state index in [1.165, 1.54) is 11.1 Å². The van der Waals surface area contributed by atoms with E-state index in [4.69, 9.17) is 10.8 Å². The van der Waals surface area contributed by atoms with Crippen LogP contribution in [0, 0.1) is 0 Å². The van der Waals surface area contributed by atoms with Crippen molar-refractivity contribution in [2.45, 2.75) is 32.8 Å². The van der Waals surface area contributed by atoms with E-state index in [1.807, 2.05) is 43.3 Å². The highest BCUT2D eigenvalue weighted by Gasteiger charge is 2.05. The normalized spacial score (nSPS) is 14.4. The second kappa shape index (κ2) is 9.64. The van der Waals surface area contributed by atoms with Gasteiger partial charge in [0.25, 0.3) is 0 Å². The van der Waals surface area contributed by atoms with Crippen molar-refractivity contribution in [3.63, 3.8) is 0 Å². The molecule has 136 valence electrons. The molecule has 3 nitrogen and oxygen atoms in total. The third-order valence-electron chi connectivity index (χ3n) is 4.26. The third kappa shape index (κ3) is 5.64. The van der Waals surface area contributed by atoms with E-state index < -0.39 is 6.10 Å². The van der Waals surface area contributed by atoms with Gasteiger partial charge in [-0.05, 0) is 48.1 Å². The van der Waals surface area contributed by atoms with Gasteiger partial charge in [0.05, 0.1) is 6.10 Å². The lowest BCUT2D eigenvalue weighted by Gasteiger charge is -2.02. The molecule has 3 heteroatoms. The first-order valence-corrected chi connectivity index (χ1v) is 8.89. The number of hydrogen-bond donors (Lipinski definition) is 3. The molecular formula is C23H27NO2. The predicted molar refractivity (Wildman–Crippen MR) is 110 cm³/mol. The molecule has 0 aromatic heterocycles. The fraction of sp³-hybridized carbons (Fsp3) is 0.217. The summed E-state index contributed by atoms with van der Waals surface area (Å²) in [4.78, 5) is 0. The summed E-state index contributed by atoms with van der Waals surface area (Å²) in [5.74, 6) is 0.231. The summed E-state index contributed by atoms with van der Waals surface area (Å²) >= 11 is 0. The van der Waals surface area contributed by atoms with E-state index in [0.29, 0.717) is 5.69 Å². The van der Waals surface area contributed by atoms with Crippen molar-refractivity contribution in [2.75, 3.05) is 5.73 Å². The standard InChI is InChI=1S/C15H16O.C8H11NO/c1-12(16)13-8-5-9-15(11-10-13)14-6-3-2-4-7-14;1-2-6-3-4-7(10)5-8(6)9/h2-8,10-12,16H,9H2,1H3;3-5,10H,2,9H2,1H3. The van der Waals surface area contributed by atoms with Crippen molar-refractivity contribution in [1.82, 2.24) is 0 Å². The van der Waals surface area contributed by atoms with Crippen LogP contribution in [-0.2, 0) is 6.42 Å². The molecule has 0 saturated carbocycles. The molecule has 1 unspecified atom stereocenters. The van der Waals surface area contributed by atoms with E-state index in [9.17, 15) is 5.11 Å². The molecule has 2 aromatic carbocycles. The van der Waals surface area contributed by atoms with E-state index in [-0.39, 0.29) is 5.75 Å². The maximum absolute atomic E-state index is 9.51. The first-order chi connectivity index (χ1) is 12.5. The average molecular weight is 349 g/mol. The Balaban J connectivity index is 0.000000209. The van der Waals surface area contributed by atoms with Crippen molar-refractivity contribution in [1.29, 1.82) is 0 Å². The van der Waals surface area contributed by atoms with Gasteiger partial charge < -0.3 is 15.9 Å². The summed E-state index contributed by atoms with van der Waals surface area (Å²) in [6.45, 7) is 3.82. The van der Waals surface area contributed by atoms with Crippen LogP contribution >= 0.6 is 0 Å². The van der Waals surface area contributed by atoms with Gasteiger partial charge in [0.1, 0.15) is 5.75 Å². The number of phenolic OH excluding ortho intramolecular Hbond substituents is 1. The number of anilines is 1. The van der Waals surface area contributed by atoms with Crippen molar-refractivity contribution in [3.8, 4) is 5.75 Å². The second-order valence-electron chi connectivity index (χ2n) is 6.24. The number of nitrogen functional groups attached to an aromatic ring is 1. The van der Waals surface area contributed by atoms with Crippen LogP contribution in [0.15, 0.2) is 78.4 Å². The highest BCUT2D eigenvalue weighted by Crippen LogP contribution is 2.22. The minimum Gasteiger partial charge on any atom is -0.508 e. The summed E-state index contributed by atoms with van der Waals surface area (Å²) in [6, 6.07) is 15.4. The molecular weight excluding hydrogens is 322 g/mol. The number of aryl methyl sites for hydroxylation is 1. The molecule has 1 aliphatic carbocycles. The summed E-state index contributed by atoms with van der Waals surface area (Å²) in [6.07, 6.45) is 9.61. The molecule has 2 aromatic rings. The molecule has 0 saturated heterocycles. The Labute approximate surface area is 155 Å². The Hall–Kier alpha value is -2.78. The summed E-state index contributed by atoms with van der Waals surface area (Å²) < 4.78 is 0. The van der Waals surface area contributed by atoms with Crippen LogP contribution in [0.5, 0.6) is 5.75 Å². The van der Waals surface area contributed by atoms with Gasteiger partial charge in [-0.25, -0.2) is 0 Å². The van der Waals surface area contributed by atoms with E-state index in [0.717, 1.165) is 24.0 Å². The number of hydrogen-bond acceptors (Lipinski definition) is 3. The smallest absolute Gasteiger partial charge is 0.117 e. The molecule has 0 fully saturated rings. The van der Waals surface area contributed by atoms with Crippen molar-refractivity contribution in [3.05, 3.63) is 89.5 Å². The third-order valence-corrected chi connectivity index (χ3v) is 4.26. The highest BCUT2D eigenvalue weighted by atomic mass is 16.3. The van der Waals surface area contributed by atoms with Gasteiger partial charge in [-0.3, -0.25) is 0 Å².